The van der Waals surface area contributed by atoms with Crippen molar-refractivity contribution in [2.75, 3.05) is 12.4 Å². The Morgan fingerprint density at radius 1 is 1.28 bits per heavy atom. The van der Waals surface area contributed by atoms with E-state index >= 15 is 0 Å². The number of hydrogen-bond acceptors (Lipinski definition) is 8. The summed E-state index contributed by atoms with van der Waals surface area (Å²) in [6.07, 6.45) is -0.186. The van der Waals surface area contributed by atoms with Crippen molar-refractivity contribution in [3.05, 3.63) is 50.7 Å². The van der Waals surface area contributed by atoms with Crippen molar-refractivity contribution in [1.29, 1.82) is 0 Å². The minimum Gasteiger partial charge on any atom is -0.465 e. The van der Waals surface area contributed by atoms with E-state index in [0.29, 0.717) is 38.9 Å². The molecule has 29 heavy (non-hydrogen) atoms. The van der Waals surface area contributed by atoms with Crippen LogP contribution in [0.4, 0.5) is 5.69 Å². The van der Waals surface area contributed by atoms with E-state index < -0.39 is 17.4 Å². The first-order valence-electron chi connectivity index (χ1n) is 8.63. The van der Waals surface area contributed by atoms with E-state index in [-0.39, 0.29) is 16.7 Å². The first-order valence-corrected chi connectivity index (χ1v) is 9.45. The normalized spacial score (nSPS) is 11.1. The first kappa shape index (κ1) is 18.8. The van der Waals surface area contributed by atoms with Gasteiger partial charge in [-0.05, 0) is 25.1 Å². The third-order valence-electron chi connectivity index (χ3n) is 4.27. The van der Waals surface area contributed by atoms with E-state index in [1.807, 2.05) is 0 Å². The number of oxazole rings is 1. The maximum atomic E-state index is 12.7. The quantitative estimate of drug-likeness (QED) is 0.493. The van der Waals surface area contributed by atoms with E-state index in [2.05, 4.69) is 20.3 Å². The van der Waals surface area contributed by atoms with Crippen LogP contribution in [0.2, 0.25) is 0 Å². The van der Waals surface area contributed by atoms with Crippen molar-refractivity contribution in [2.45, 2.75) is 20.3 Å². The molecule has 0 saturated heterocycles. The van der Waals surface area contributed by atoms with Gasteiger partial charge in [-0.2, -0.15) is 0 Å². The van der Waals surface area contributed by atoms with Crippen molar-refractivity contribution in [3.63, 3.8) is 0 Å². The molecule has 10 heteroatoms. The number of nitrogens with one attached hydrogen (secondary N) is 2. The Labute approximate surface area is 167 Å². The molecule has 0 atom stereocenters. The largest absolute Gasteiger partial charge is 0.465 e. The molecule has 9 nitrogen and oxygen atoms in total. The van der Waals surface area contributed by atoms with Crippen molar-refractivity contribution in [2.24, 2.45) is 0 Å². The Balaban J connectivity index is 1.69. The number of nitrogens with zero attached hydrogens (tertiary/aromatic N) is 2. The molecule has 0 aliphatic carbocycles. The van der Waals surface area contributed by atoms with E-state index in [4.69, 9.17) is 9.15 Å². The SMILES string of the molecule is COC(=O)c1sc2nc(C)[nH]c(=O)c2c1CC(=O)Nc1ccc2oc(C)nc2c1. The molecular formula is C19H16N4O5S. The molecule has 0 saturated carbocycles. The van der Waals surface area contributed by atoms with E-state index in [0.717, 1.165) is 11.3 Å². The molecule has 1 aromatic carbocycles. The molecule has 1 amide bonds. The number of methoxy groups -OCH3 is 1. The molecule has 3 aromatic heterocycles. The number of anilines is 1. The van der Waals surface area contributed by atoms with Gasteiger partial charge >= 0.3 is 5.97 Å². The Morgan fingerprint density at radius 2 is 2.07 bits per heavy atom. The van der Waals surface area contributed by atoms with E-state index in [1.54, 1.807) is 32.0 Å². The molecule has 0 aliphatic rings. The summed E-state index contributed by atoms with van der Waals surface area (Å²) in [6, 6.07) is 5.09. The molecule has 4 rings (SSSR count). The molecule has 2 N–H and O–H groups in total. The van der Waals surface area contributed by atoms with Crippen LogP contribution >= 0.6 is 11.3 Å². The average Bonchev–Trinajstić information content (AvgIpc) is 3.20. The minimum atomic E-state index is -0.618. The van der Waals surface area contributed by atoms with Gasteiger partial charge in [0.2, 0.25) is 5.91 Å². The fourth-order valence-electron chi connectivity index (χ4n) is 3.08. The molecule has 0 fully saturated rings. The Hall–Kier alpha value is -3.53. The molecule has 0 unspecified atom stereocenters. The van der Waals surface area contributed by atoms with Gasteiger partial charge in [-0.1, -0.05) is 0 Å². The van der Waals surface area contributed by atoms with Crippen LogP contribution in [0.1, 0.15) is 27.0 Å². The summed E-state index contributed by atoms with van der Waals surface area (Å²) < 4.78 is 10.2. The van der Waals surface area contributed by atoms with Gasteiger partial charge in [-0.15, -0.1) is 11.3 Å². The molecule has 4 aromatic rings. The highest BCUT2D eigenvalue weighted by atomic mass is 32.1. The zero-order valence-electron chi connectivity index (χ0n) is 15.8. The Morgan fingerprint density at radius 3 is 2.83 bits per heavy atom. The summed E-state index contributed by atoms with van der Waals surface area (Å²) in [6.45, 7) is 3.38. The zero-order valence-corrected chi connectivity index (χ0v) is 16.6. The summed E-state index contributed by atoms with van der Waals surface area (Å²) in [7, 11) is 1.24. The topological polar surface area (TPSA) is 127 Å². The maximum Gasteiger partial charge on any atom is 0.348 e. The number of carbonyl (C=O) groups is 2. The molecule has 148 valence electrons. The number of hydrogen-bond donors (Lipinski definition) is 2. The predicted octanol–water partition coefficient (Wildman–Crippen LogP) is 2.71. The number of amides is 1. The lowest BCUT2D eigenvalue weighted by molar-refractivity contribution is -0.115. The van der Waals surface area contributed by atoms with Crippen LogP contribution in [0.25, 0.3) is 21.3 Å². The second-order valence-corrected chi connectivity index (χ2v) is 7.37. The van der Waals surface area contributed by atoms with Gasteiger partial charge in [0.25, 0.3) is 5.56 Å². The summed E-state index contributed by atoms with van der Waals surface area (Å²) in [5.41, 5.74) is 1.65. The highest BCUT2D eigenvalue weighted by Gasteiger charge is 2.24. The van der Waals surface area contributed by atoms with Crippen LogP contribution < -0.4 is 10.9 Å². The minimum absolute atomic E-state index is 0.184. The fourth-order valence-corrected chi connectivity index (χ4v) is 4.24. The number of H-pyrrole nitrogens is 1. The number of aromatic amines is 1. The van der Waals surface area contributed by atoms with E-state index in [9.17, 15) is 14.4 Å². The van der Waals surface area contributed by atoms with Crippen molar-refractivity contribution < 1.29 is 18.7 Å². The predicted molar refractivity (Wildman–Crippen MR) is 107 cm³/mol. The number of fused-ring (bicyclic) bond motifs is 2. The van der Waals surface area contributed by atoms with Crippen LogP contribution in [0.15, 0.2) is 27.4 Å². The monoisotopic (exact) mass is 412 g/mol. The molecule has 0 spiro atoms. The van der Waals surface area contributed by atoms with Crippen molar-refractivity contribution >= 4 is 50.2 Å². The van der Waals surface area contributed by atoms with E-state index in [1.165, 1.54) is 7.11 Å². The number of aryl methyl sites for hydroxylation is 2. The highest BCUT2D eigenvalue weighted by Crippen LogP contribution is 2.29. The number of rotatable bonds is 4. The van der Waals surface area contributed by atoms with Gasteiger partial charge in [0.15, 0.2) is 11.5 Å². The van der Waals surface area contributed by atoms with Crippen molar-refractivity contribution in [1.82, 2.24) is 15.0 Å². The lowest BCUT2D eigenvalue weighted by atomic mass is 10.1. The van der Waals surface area contributed by atoms with Crippen molar-refractivity contribution in [3.8, 4) is 0 Å². The van der Waals surface area contributed by atoms with Gasteiger partial charge in [0.1, 0.15) is 21.0 Å². The summed E-state index contributed by atoms with van der Waals surface area (Å²) >= 11 is 1.03. The number of esters is 1. The lowest BCUT2D eigenvalue weighted by Gasteiger charge is -2.06. The number of benzene rings is 1. The smallest absolute Gasteiger partial charge is 0.348 e. The highest BCUT2D eigenvalue weighted by molar-refractivity contribution is 7.20. The summed E-state index contributed by atoms with van der Waals surface area (Å²) in [5.74, 6) is -0.0629. The zero-order chi connectivity index (χ0) is 20.7. The molecule has 0 radical (unpaired) electrons. The van der Waals surface area contributed by atoms with Gasteiger partial charge in [0, 0.05) is 18.2 Å². The second-order valence-electron chi connectivity index (χ2n) is 6.37. The number of thiophene rings is 1. The summed E-state index contributed by atoms with van der Waals surface area (Å²) in [4.78, 5) is 49.0. The second kappa shape index (κ2) is 7.13. The van der Waals surface area contributed by atoms with Crippen LogP contribution in [-0.2, 0) is 16.0 Å². The van der Waals surface area contributed by atoms with Crippen LogP contribution in [-0.4, -0.2) is 33.9 Å². The maximum absolute atomic E-state index is 12.7. The van der Waals surface area contributed by atoms with Gasteiger partial charge in [-0.3, -0.25) is 9.59 Å². The van der Waals surface area contributed by atoms with Gasteiger partial charge in [-0.25, -0.2) is 14.8 Å². The average molecular weight is 412 g/mol. The molecule has 3 heterocycles. The third kappa shape index (κ3) is 3.49. The molecule has 0 aliphatic heterocycles. The fraction of sp³-hybridized carbons (Fsp3) is 0.211. The lowest BCUT2D eigenvalue weighted by Crippen LogP contribution is -2.18. The van der Waals surface area contributed by atoms with Gasteiger partial charge in [0.05, 0.1) is 18.9 Å². The summed E-state index contributed by atoms with van der Waals surface area (Å²) in [5, 5.41) is 2.98. The third-order valence-corrected chi connectivity index (χ3v) is 5.37. The Kier molecular flexibility index (Phi) is 4.63. The molecule has 0 bridgehead atoms. The number of carbonyl (C=O) groups excluding carboxylic acids is 2. The van der Waals surface area contributed by atoms with Gasteiger partial charge < -0.3 is 19.5 Å². The first-order chi connectivity index (χ1) is 13.9. The Bertz CT molecular complexity index is 1330. The van der Waals surface area contributed by atoms with Crippen LogP contribution in [0, 0.1) is 13.8 Å². The number of ether oxygens (including phenoxy) is 1. The van der Waals surface area contributed by atoms with Crippen LogP contribution in [0.3, 0.4) is 0 Å². The standard InChI is InChI=1S/C19H16N4O5S/c1-8-20-17(25)15-11(16(19(26)27-3)29-18(15)21-8)7-14(24)23-10-4-5-13-12(6-10)22-9(2)28-13/h4-6H,7H2,1-3H3,(H,23,24)(H,20,21,25). The molecular weight excluding hydrogens is 396 g/mol. The van der Waals surface area contributed by atoms with Crippen LogP contribution in [0.5, 0.6) is 0 Å². The number of aromatic nitrogens is 3.